The Morgan fingerprint density at radius 1 is 1.53 bits per heavy atom. The Balaban J connectivity index is 1.82. The van der Waals surface area contributed by atoms with E-state index in [1.54, 1.807) is 10.9 Å². The number of hydrogen-bond acceptors (Lipinski definition) is 6. The van der Waals surface area contributed by atoms with Gasteiger partial charge in [0.05, 0.1) is 31.0 Å². The summed E-state index contributed by atoms with van der Waals surface area (Å²) in [5, 5.41) is 11.3. The first kappa shape index (κ1) is 10.4. The SMILES string of the molecule is Cn1cc(-c2nc(C3COCCN3)no2)cn1. The fourth-order valence-corrected chi connectivity index (χ4v) is 1.76. The van der Waals surface area contributed by atoms with E-state index in [0.717, 1.165) is 18.7 Å². The van der Waals surface area contributed by atoms with Crippen molar-refractivity contribution in [2.24, 2.45) is 7.05 Å². The van der Waals surface area contributed by atoms with Gasteiger partial charge in [-0.05, 0) is 0 Å². The standard InChI is InChI=1S/C10H13N5O2/c1-15-5-7(4-12-15)10-13-9(14-17-10)8-6-16-3-2-11-8/h4-5,8,11H,2-3,6H2,1H3. The first-order valence-electron chi connectivity index (χ1n) is 5.46. The van der Waals surface area contributed by atoms with Crippen LogP contribution in [0.2, 0.25) is 0 Å². The highest BCUT2D eigenvalue weighted by atomic mass is 16.5. The van der Waals surface area contributed by atoms with Gasteiger partial charge in [-0.3, -0.25) is 4.68 Å². The van der Waals surface area contributed by atoms with E-state index < -0.39 is 0 Å². The van der Waals surface area contributed by atoms with E-state index in [2.05, 4.69) is 20.6 Å². The average molecular weight is 235 g/mol. The molecule has 1 fully saturated rings. The normalized spacial score (nSPS) is 20.6. The van der Waals surface area contributed by atoms with Gasteiger partial charge >= 0.3 is 0 Å². The summed E-state index contributed by atoms with van der Waals surface area (Å²) in [6, 6.07) is 0.0120. The van der Waals surface area contributed by atoms with Crippen molar-refractivity contribution in [3.05, 3.63) is 18.2 Å². The van der Waals surface area contributed by atoms with Gasteiger partial charge in [0.2, 0.25) is 0 Å². The van der Waals surface area contributed by atoms with Crippen LogP contribution in [-0.4, -0.2) is 39.7 Å². The van der Waals surface area contributed by atoms with Crippen LogP contribution in [0.4, 0.5) is 0 Å². The first-order chi connectivity index (χ1) is 8.33. The van der Waals surface area contributed by atoms with Gasteiger partial charge in [0.1, 0.15) is 0 Å². The molecule has 90 valence electrons. The molecule has 0 spiro atoms. The van der Waals surface area contributed by atoms with E-state index in [9.17, 15) is 0 Å². The van der Waals surface area contributed by atoms with Crippen molar-refractivity contribution >= 4 is 0 Å². The molecule has 7 nitrogen and oxygen atoms in total. The quantitative estimate of drug-likeness (QED) is 0.797. The highest BCUT2D eigenvalue weighted by Gasteiger charge is 2.21. The number of rotatable bonds is 2. The predicted molar refractivity (Wildman–Crippen MR) is 58.1 cm³/mol. The third kappa shape index (κ3) is 2.06. The van der Waals surface area contributed by atoms with E-state index in [-0.39, 0.29) is 6.04 Å². The molecule has 1 atom stereocenters. The number of morpholine rings is 1. The number of hydrogen-bond donors (Lipinski definition) is 1. The predicted octanol–water partition coefficient (Wildman–Crippen LogP) is 0.131. The van der Waals surface area contributed by atoms with Crippen LogP contribution < -0.4 is 5.32 Å². The van der Waals surface area contributed by atoms with Crippen molar-refractivity contribution < 1.29 is 9.26 Å². The second-order valence-corrected chi connectivity index (χ2v) is 3.94. The molecule has 3 rings (SSSR count). The minimum absolute atomic E-state index is 0.0120. The Hall–Kier alpha value is -1.73. The van der Waals surface area contributed by atoms with Crippen molar-refractivity contribution in [1.82, 2.24) is 25.2 Å². The highest BCUT2D eigenvalue weighted by Crippen LogP contribution is 2.19. The lowest BCUT2D eigenvalue weighted by Crippen LogP contribution is -2.35. The molecule has 1 N–H and O–H groups in total. The molecule has 1 unspecified atom stereocenters. The van der Waals surface area contributed by atoms with Gasteiger partial charge in [-0.1, -0.05) is 5.16 Å². The molecule has 2 aromatic rings. The summed E-state index contributed by atoms with van der Waals surface area (Å²) in [4.78, 5) is 4.34. The second-order valence-electron chi connectivity index (χ2n) is 3.94. The van der Waals surface area contributed by atoms with Gasteiger partial charge in [-0.25, -0.2) is 0 Å². The summed E-state index contributed by atoms with van der Waals surface area (Å²) in [6.45, 7) is 2.11. The third-order valence-corrected chi connectivity index (χ3v) is 2.63. The van der Waals surface area contributed by atoms with Crippen LogP contribution in [0.3, 0.4) is 0 Å². The van der Waals surface area contributed by atoms with E-state index in [0.29, 0.717) is 18.3 Å². The first-order valence-corrected chi connectivity index (χ1v) is 5.46. The monoisotopic (exact) mass is 235 g/mol. The molecule has 0 radical (unpaired) electrons. The number of aromatic nitrogens is 4. The van der Waals surface area contributed by atoms with E-state index in [1.807, 2.05) is 13.2 Å². The Bertz CT molecular complexity index is 500. The minimum atomic E-state index is 0.0120. The molecule has 0 amide bonds. The van der Waals surface area contributed by atoms with Crippen molar-refractivity contribution in [3.8, 4) is 11.5 Å². The molecule has 3 heterocycles. The number of aryl methyl sites for hydroxylation is 1. The number of nitrogens with one attached hydrogen (secondary N) is 1. The van der Waals surface area contributed by atoms with Crippen molar-refractivity contribution in [1.29, 1.82) is 0 Å². The van der Waals surface area contributed by atoms with Gasteiger partial charge in [0.25, 0.3) is 5.89 Å². The molecule has 1 aliphatic rings. The summed E-state index contributed by atoms with van der Waals surface area (Å²) in [5.74, 6) is 1.11. The van der Waals surface area contributed by atoms with Gasteiger partial charge in [0.15, 0.2) is 5.82 Å². The molecule has 1 saturated heterocycles. The molecular weight excluding hydrogens is 222 g/mol. The molecule has 0 saturated carbocycles. The topological polar surface area (TPSA) is 78.0 Å². The van der Waals surface area contributed by atoms with Crippen LogP contribution in [0.5, 0.6) is 0 Å². The van der Waals surface area contributed by atoms with Crippen LogP contribution in [0.15, 0.2) is 16.9 Å². The zero-order valence-electron chi connectivity index (χ0n) is 9.46. The largest absolute Gasteiger partial charge is 0.378 e. The summed E-state index contributed by atoms with van der Waals surface area (Å²) < 4.78 is 12.3. The molecule has 1 aliphatic heterocycles. The Labute approximate surface area is 97.8 Å². The van der Waals surface area contributed by atoms with E-state index >= 15 is 0 Å². The van der Waals surface area contributed by atoms with Crippen LogP contribution in [0, 0.1) is 0 Å². The summed E-state index contributed by atoms with van der Waals surface area (Å²) in [6.07, 6.45) is 3.53. The van der Waals surface area contributed by atoms with Crippen LogP contribution in [-0.2, 0) is 11.8 Å². The van der Waals surface area contributed by atoms with Crippen LogP contribution >= 0.6 is 0 Å². The number of ether oxygens (including phenoxy) is 1. The fourth-order valence-electron chi connectivity index (χ4n) is 1.76. The Morgan fingerprint density at radius 3 is 3.18 bits per heavy atom. The molecule has 0 aromatic carbocycles. The zero-order chi connectivity index (χ0) is 11.7. The molecular formula is C10H13N5O2. The maximum Gasteiger partial charge on any atom is 0.261 e. The highest BCUT2D eigenvalue weighted by molar-refractivity contribution is 5.49. The van der Waals surface area contributed by atoms with Gasteiger partial charge in [-0.15, -0.1) is 0 Å². The molecule has 0 bridgehead atoms. The molecule has 2 aromatic heterocycles. The average Bonchev–Trinajstić information content (AvgIpc) is 2.98. The van der Waals surface area contributed by atoms with Crippen molar-refractivity contribution in [2.45, 2.75) is 6.04 Å². The fraction of sp³-hybridized carbons (Fsp3) is 0.500. The van der Waals surface area contributed by atoms with Crippen LogP contribution in [0.25, 0.3) is 11.5 Å². The molecule has 0 aliphatic carbocycles. The lowest BCUT2D eigenvalue weighted by atomic mass is 10.2. The lowest BCUT2D eigenvalue weighted by Gasteiger charge is -2.20. The van der Waals surface area contributed by atoms with Crippen molar-refractivity contribution in [3.63, 3.8) is 0 Å². The van der Waals surface area contributed by atoms with Crippen molar-refractivity contribution in [2.75, 3.05) is 19.8 Å². The van der Waals surface area contributed by atoms with Gasteiger partial charge in [-0.2, -0.15) is 10.1 Å². The lowest BCUT2D eigenvalue weighted by molar-refractivity contribution is 0.0734. The third-order valence-electron chi connectivity index (χ3n) is 2.63. The second kappa shape index (κ2) is 4.27. The minimum Gasteiger partial charge on any atom is -0.378 e. The summed E-state index contributed by atoms with van der Waals surface area (Å²) in [7, 11) is 1.84. The Morgan fingerprint density at radius 2 is 2.47 bits per heavy atom. The zero-order valence-corrected chi connectivity index (χ0v) is 9.46. The number of nitrogens with zero attached hydrogens (tertiary/aromatic N) is 4. The molecule has 7 heteroatoms. The maximum atomic E-state index is 5.35. The van der Waals surface area contributed by atoms with Crippen LogP contribution in [0.1, 0.15) is 11.9 Å². The van der Waals surface area contributed by atoms with Gasteiger partial charge < -0.3 is 14.6 Å². The van der Waals surface area contributed by atoms with E-state index in [4.69, 9.17) is 9.26 Å². The van der Waals surface area contributed by atoms with E-state index in [1.165, 1.54) is 0 Å². The van der Waals surface area contributed by atoms with Gasteiger partial charge in [0, 0.05) is 19.8 Å². The maximum absolute atomic E-state index is 5.35. The Kier molecular flexibility index (Phi) is 2.62. The summed E-state index contributed by atoms with van der Waals surface area (Å²) >= 11 is 0. The smallest absolute Gasteiger partial charge is 0.261 e. The summed E-state index contributed by atoms with van der Waals surface area (Å²) in [5.41, 5.74) is 0.822. The molecule has 17 heavy (non-hydrogen) atoms.